The van der Waals surface area contributed by atoms with Crippen LogP contribution in [-0.4, -0.2) is 60.5 Å². The van der Waals surface area contributed by atoms with Gasteiger partial charge in [0.15, 0.2) is 0 Å². The van der Waals surface area contributed by atoms with E-state index in [1.165, 1.54) is 12.0 Å². The molecule has 0 aliphatic carbocycles. The van der Waals surface area contributed by atoms with Crippen molar-refractivity contribution in [2.24, 2.45) is 5.92 Å². The number of hydrogen-bond acceptors (Lipinski definition) is 4. The molecule has 5 rings (SSSR count). The van der Waals surface area contributed by atoms with Crippen molar-refractivity contribution >= 4 is 11.6 Å². The fourth-order valence-corrected chi connectivity index (χ4v) is 4.55. The predicted molar refractivity (Wildman–Crippen MR) is 112 cm³/mol. The second-order valence-corrected chi connectivity index (χ2v) is 8.44. The van der Waals surface area contributed by atoms with E-state index >= 15 is 0 Å². The van der Waals surface area contributed by atoms with Crippen LogP contribution < -0.4 is 4.90 Å². The van der Waals surface area contributed by atoms with Crippen LogP contribution in [0.1, 0.15) is 24.0 Å². The molecule has 0 unspecified atom stereocenters. The molecule has 2 bridgehead atoms. The summed E-state index contributed by atoms with van der Waals surface area (Å²) >= 11 is 0. The number of carbonyl (C=O) groups excluding carboxylic acids is 1. The first-order chi connectivity index (χ1) is 13.6. The molecule has 0 N–H and O–H groups in total. The first-order valence-corrected chi connectivity index (χ1v) is 10.3. The Morgan fingerprint density at radius 3 is 2.61 bits per heavy atom. The molecule has 28 heavy (non-hydrogen) atoms. The molecule has 3 aliphatic heterocycles. The number of rotatable bonds is 5. The van der Waals surface area contributed by atoms with Gasteiger partial charge in [-0.2, -0.15) is 0 Å². The lowest BCUT2D eigenvalue weighted by molar-refractivity contribution is -0.134. The summed E-state index contributed by atoms with van der Waals surface area (Å²) in [5.41, 5.74) is 3.52. The van der Waals surface area contributed by atoms with Crippen LogP contribution in [0.4, 0.5) is 5.69 Å². The van der Waals surface area contributed by atoms with Gasteiger partial charge in [0.05, 0.1) is 6.42 Å². The second-order valence-electron chi connectivity index (χ2n) is 8.44. The highest BCUT2D eigenvalue weighted by atomic mass is 16.2. The molecule has 3 saturated heterocycles. The molecule has 3 fully saturated rings. The number of hydrogen-bond donors (Lipinski definition) is 0. The zero-order valence-electron chi connectivity index (χ0n) is 16.9. The lowest BCUT2D eigenvalue weighted by Gasteiger charge is -2.36. The van der Waals surface area contributed by atoms with Gasteiger partial charge in [-0.25, -0.2) is 0 Å². The maximum absolute atomic E-state index is 13.1. The zero-order chi connectivity index (χ0) is 19.5. The molecule has 4 heterocycles. The number of amides is 1. The standard InChI is InChI=1S/C23H30N4O/c1-25(2)21-8-5-18(6-9-21)12-23(28)27-16-20-7-10-22(27)17-26(15-20)14-19-4-3-11-24-13-19/h3-6,8-9,11,13,20,22H,7,10,12,14-17H2,1-2H3/t20-,22+/m0/s1. The molecule has 1 aromatic carbocycles. The minimum absolute atomic E-state index is 0.274. The van der Waals surface area contributed by atoms with E-state index in [0.717, 1.165) is 43.9 Å². The molecular weight excluding hydrogens is 348 g/mol. The van der Waals surface area contributed by atoms with Crippen molar-refractivity contribution in [1.29, 1.82) is 0 Å². The number of anilines is 1. The average Bonchev–Trinajstić information content (AvgIpc) is 3.00. The smallest absolute Gasteiger partial charge is 0.227 e. The average molecular weight is 379 g/mol. The van der Waals surface area contributed by atoms with Crippen LogP contribution in [0.15, 0.2) is 48.8 Å². The summed E-state index contributed by atoms with van der Waals surface area (Å²) in [6.45, 7) is 3.88. The third-order valence-corrected chi connectivity index (χ3v) is 6.05. The number of piperidine rings is 1. The van der Waals surface area contributed by atoms with Crippen LogP contribution in [0, 0.1) is 5.92 Å². The van der Waals surface area contributed by atoms with E-state index in [-0.39, 0.29) is 5.91 Å². The lowest BCUT2D eigenvalue weighted by Crippen LogP contribution is -2.48. The third-order valence-electron chi connectivity index (χ3n) is 6.05. The Balaban J connectivity index is 1.40. The fraction of sp³-hybridized carbons (Fsp3) is 0.478. The molecule has 2 atom stereocenters. The summed E-state index contributed by atoms with van der Waals surface area (Å²) in [6, 6.07) is 12.8. The van der Waals surface area contributed by atoms with Crippen LogP contribution in [0.3, 0.4) is 0 Å². The quantitative estimate of drug-likeness (QED) is 0.802. The third kappa shape index (κ3) is 4.36. The molecule has 0 saturated carbocycles. The highest BCUT2D eigenvalue weighted by molar-refractivity contribution is 5.79. The Bertz CT molecular complexity index is 790. The molecule has 5 nitrogen and oxygen atoms in total. The number of benzene rings is 1. The minimum Gasteiger partial charge on any atom is -0.378 e. The Morgan fingerprint density at radius 2 is 1.89 bits per heavy atom. The minimum atomic E-state index is 0.274. The van der Waals surface area contributed by atoms with Gasteiger partial charge in [-0.05, 0) is 48.1 Å². The van der Waals surface area contributed by atoms with Crippen LogP contribution in [-0.2, 0) is 17.8 Å². The van der Waals surface area contributed by atoms with Gasteiger partial charge in [0, 0.05) is 64.4 Å². The number of carbonyl (C=O) groups is 1. The highest BCUT2D eigenvalue weighted by Crippen LogP contribution is 2.29. The topological polar surface area (TPSA) is 39.7 Å². The summed E-state index contributed by atoms with van der Waals surface area (Å²) < 4.78 is 0. The summed E-state index contributed by atoms with van der Waals surface area (Å²) in [7, 11) is 4.07. The molecule has 1 aromatic heterocycles. The van der Waals surface area contributed by atoms with E-state index in [0.29, 0.717) is 18.4 Å². The van der Waals surface area contributed by atoms with E-state index in [9.17, 15) is 4.79 Å². The maximum Gasteiger partial charge on any atom is 0.227 e. The Labute approximate surface area is 168 Å². The molecular formula is C23H30N4O. The van der Waals surface area contributed by atoms with Gasteiger partial charge in [0.25, 0.3) is 0 Å². The number of nitrogens with zero attached hydrogens (tertiary/aromatic N) is 4. The second kappa shape index (κ2) is 8.31. The normalized spacial score (nSPS) is 22.1. The van der Waals surface area contributed by atoms with Gasteiger partial charge in [-0.3, -0.25) is 14.7 Å². The van der Waals surface area contributed by atoms with E-state index in [2.05, 4.69) is 50.0 Å². The van der Waals surface area contributed by atoms with Gasteiger partial charge >= 0.3 is 0 Å². The van der Waals surface area contributed by atoms with Crippen LogP contribution >= 0.6 is 0 Å². The van der Waals surface area contributed by atoms with Crippen LogP contribution in [0.5, 0.6) is 0 Å². The molecule has 2 aromatic rings. The van der Waals surface area contributed by atoms with Crippen molar-refractivity contribution in [2.75, 3.05) is 38.6 Å². The van der Waals surface area contributed by atoms with Crippen LogP contribution in [0.25, 0.3) is 0 Å². The van der Waals surface area contributed by atoms with Crippen LogP contribution in [0.2, 0.25) is 0 Å². The van der Waals surface area contributed by atoms with Gasteiger partial charge in [0.2, 0.25) is 5.91 Å². The van der Waals surface area contributed by atoms with Gasteiger partial charge < -0.3 is 9.80 Å². The largest absolute Gasteiger partial charge is 0.378 e. The SMILES string of the molecule is CN(C)c1ccc(CC(=O)N2C[C@H]3CC[C@@H]2CN(Cc2cccnc2)C3)cc1. The molecule has 1 amide bonds. The molecule has 0 radical (unpaired) electrons. The number of fused-ring (bicyclic) bond motifs is 4. The number of aromatic nitrogens is 1. The van der Waals surface area contributed by atoms with Gasteiger partial charge in [-0.1, -0.05) is 18.2 Å². The van der Waals surface area contributed by atoms with Crippen molar-refractivity contribution in [3.05, 3.63) is 59.9 Å². The Morgan fingerprint density at radius 1 is 1.07 bits per heavy atom. The fourth-order valence-electron chi connectivity index (χ4n) is 4.55. The highest BCUT2D eigenvalue weighted by Gasteiger charge is 2.36. The monoisotopic (exact) mass is 378 g/mol. The van der Waals surface area contributed by atoms with Crippen molar-refractivity contribution in [3.8, 4) is 0 Å². The summed E-state index contributed by atoms with van der Waals surface area (Å²) in [5, 5.41) is 0. The van der Waals surface area contributed by atoms with E-state index in [1.54, 1.807) is 0 Å². The van der Waals surface area contributed by atoms with Crippen molar-refractivity contribution in [1.82, 2.24) is 14.8 Å². The first kappa shape index (κ1) is 18.9. The molecule has 3 aliphatic rings. The van der Waals surface area contributed by atoms with Crippen molar-refractivity contribution in [2.45, 2.75) is 31.8 Å². The zero-order valence-corrected chi connectivity index (χ0v) is 16.9. The van der Waals surface area contributed by atoms with Gasteiger partial charge in [0.1, 0.15) is 0 Å². The van der Waals surface area contributed by atoms with E-state index in [1.807, 2.05) is 32.6 Å². The molecule has 148 valence electrons. The summed E-state index contributed by atoms with van der Waals surface area (Å²) in [4.78, 5) is 24.1. The summed E-state index contributed by atoms with van der Waals surface area (Å²) in [6.07, 6.45) is 6.63. The lowest BCUT2D eigenvalue weighted by atomic mass is 9.94. The predicted octanol–water partition coefficient (Wildman–Crippen LogP) is 2.81. The van der Waals surface area contributed by atoms with Crippen molar-refractivity contribution < 1.29 is 4.79 Å². The molecule has 5 heteroatoms. The van der Waals surface area contributed by atoms with E-state index < -0.39 is 0 Å². The maximum atomic E-state index is 13.1. The van der Waals surface area contributed by atoms with Gasteiger partial charge in [-0.15, -0.1) is 0 Å². The first-order valence-electron chi connectivity index (χ1n) is 10.3. The molecule has 0 spiro atoms. The Hall–Kier alpha value is -2.40. The van der Waals surface area contributed by atoms with Crippen molar-refractivity contribution in [3.63, 3.8) is 0 Å². The Kier molecular flexibility index (Phi) is 5.62. The summed E-state index contributed by atoms with van der Waals surface area (Å²) in [5.74, 6) is 0.853. The van der Waals surface area contributed by atoms with E-state index in [4.69, 9.17) is 0 Å². The number of pyridine rings is 1.